The first-order valence-corrected chi connectivity index (χ1v) is 9.14. The van der Waals surface area contributed by atoms with Crippen molar-refractivity contribution < 1.29 is 14.5 Å². The van der Waals surface area contributed by atoms with Gasteiger partial charge in [-0.25, -0.2) is 4.79 Å². The van der Waals surface area contributed by atoms with Crippen LogP contribution >= 0.6 is 22.9 Å². The molecule has 0 aliphatic rings. The second-order valence-corrected chi connectivity index (χ2v) is 7.15. The van der Waals surface area contributed by atoms with Crippen LogP contribution in [0.3, 0.4) is 0 Å². The molecule has 2 heterocycles. The molecule has 4 rings (SSSR count). The maximum Gasteiger partial charge on any atom is 0.345 e. The molecule has 0 spiro atoms. The number of fused-ring (bicyclic) bond motifs is 5. The lowest BCUT2D eigenvalue weighted by atomic mass is 10.1. The first-order valence-electron chi connectivity index (χ1n) is 7.95. The summed E-state index contributed by atoms with van der Waals surface area (Å²) in [4.78, 5) is 36.5. The molecule has 0 saturated carbocycles. The van der Waals surface area contributed by atoms with Gasteiger partial charge in [-0.05, 0) is 25.1 Å². The fourth-order valence-electron chi connectivity index (χ4n) is 3.06. The topological polar surface area (TPSA) is 90.9 Å². The van der Waals surface area contributed by atoms with Crippen LogP contribution in [-0.4, -0.2) is 21.9 Å². The number of carbonyl (C=O) groups is 1. The average molecular weight is 403 g/mol. The molecule has 9 heteroatoms. The summed E-state index contributed by atoms with van der Waals surface area (Å²) in [5.41, 5.74) is 0.0153. The van der Waals surface area contributed by atoms with Crippen LogP contribution in [0.5, 0.6) is 0 Å². The minimum Gasteiger partial charge on any atom is -0.462 e. The van der Waals surface area contributed by atoms with Crippen molar-refractivity contribution in [2.75, 3.05) is 6.61 Å². The Morgan fingerprint density at radius 2 is 2.04 bits per heavy atom. The fraction of sp³-hybridized carbons (Fsp3) is 0.111. The van der Waals surface area contributed by atoms with E-state index in [9.17, 15) is 19.7 Å². The zero-order valence-electron chi connectivity index (χ0n) is 13.9. The molecule has 0 bridgehead atoms. The van der Waals surface area contributed by atoms with Crippen LogP contribution in [-0.2, 0) is 4.74 Å². The molecule has 2 aromatic heterocycles. The molecule has 0 N–H and O–H groups in total. The lowest BCUT2D eigenvalue weighted by Gasteiger charge is -2.09. The molecule has 4 aromatic rings. The monoisotopic (exact) mass is 402 g/mol. The van der Waals surface area contributed by atoms with Gasteiger partial charge in [-0.1, -0.05) is 23.7 Å². The normalized spacial score (nSPS) is 11.3. The quantitative estimate of drug-likeness (QED) is 0.287. The van der Waals surface area contributed by atoms with E-state index in [1.165, 1.54) is 17.4 Å². The van der Waals surface area contributed by atoms with Crippen molar-refractivity contribution in [2.24, 2.45) is 0 Å². The molecular formula is C18H11ClN2O5S. The van der Waals surface area contributed by atoms with Crippen LogP contribution in [0.2, 0.25) is 5.02 Å². The third-order valence-electron chi connectivity index (χ3n) is 4.18. The Hall–Kier alpha value is -2.97. The Kier molecular flexibility index (Phi) is 4.09. The second kappa shape index (κ2) is 6.33. The standard InChI is InChI=1S/C18H11ClN2O5S/c1-2-26-18(23)15-16(22)9-7-13(21(24)25)10(19)8-12(9)20-11-5-3-4-6-14(11)27-17(15)20/h3-8H,2H2,1H3. The van der Waals surface area contributed by atoms with Gasteiger partial charge in [0.05, 0.1) is 32.6 Å². The molecule has 2 aromatic carbocycles. The van der Waals surface area contributed by atoms with Crippen molar-refractivity contribution in [1.29, 1.82) is 0 Å². The zero-order valence-corrected chi connectivity index (χ0v) is 15.5. The molecule has 0 radical (unpaired) electrons. The van der Waals surface area contributed by atoms with E-state index in [4.69, 9.17) is 16.3 Å². The van der Waals surface area contributed by atoms with Crippen LogP contribution in [0.1, 0.15) is 17.3 Å². The summed E-state index contributed by atoms with van der Waals surface area (Å²) >= 11 is 7.35. The molecule has 27 heavy (non-hydrogen) atoms. The largest absolute Gasteiger partial charge is 0.462 e. The Morgan fingerprint density at radius 3 is 2.74 bits per heavy atom. The number of nitrogens with zero attached hydrogens (tertiary/aromatic N) is 2. The van der Waals surface area contributed by atoms with Crippen LogP contribution in [0, 0.1) is 10.1 Å². The van der Waals surface area contributed by atoms with E-state index < -0.39 is 22.0 Å². The van der Waals surface area contributed by atoms with E-state index in [0.717, 1.165) is 16.3 Å². The van der Waals surface area contributed by atoms with Crippen LogP contribution in [0.25, 0.3) is 25.9 Å². The highest BCUT2D eigenvalue weighted by Gasteiger charge is 2.25. The Morgan fingerprint density at radius 1 is 1.30 bits per heavy atom. The van der Waals surface area contributed by atoms with E-state index in [1.54, 1.807) is 11.3 Å². The predicted octanol–water partition coefficient (Wildman–Crippen LogP) is 4.41. The molecule has 0 atom stereocenters. The number of nitro groups is 1. The van der Waals surface area contributed by atoms with Crippen molar-refractivity contribution in [3.8, 4) is 0 Å². The van der Waals surface area contributed by atoms with Crippen LogP contribution in [0.15, 0.2) is 41.2 Å². The molecule has 0 fully saturated rings. The number of para-hydroxylation sites is 1. The first-order chi connectivity index (χ1) is 12.9. The molecule has 0 amide bonds. The van der Waals surface area contributed by atoms with Crippen molar-refractivity contribution in [2.45, 2.75) is 6.92 Å². The van der Waals surface area contributed by atoms with Crippen LogP contribution in [0.4, 0.5) is 5.69 Å². The summed E-state index contributed by atoms with van der Waals surface area (Å²) in [6.07, 6.45) is 0. The van der Waals surface area contributed by atoms with Gasteiger partial charge in [0.1, 0.15) is 15.4 Å². The van der Waals surface area contributed by atoms with E-state index in [-0.39, 0.29) is 22.6 Å². The SMILES string of the molecule is CCOC(=O)c1c(=O)c2cc([N+](=O)[O-])c(Cl)cc2n2c1sc1ccccc12. The molecule has 0 aliphatic heterocycles. The molecular weight excluding hydrogens is 392 g/mol. The van der Waals surface area contributed by atoms with Crippen molar-refractivity contribution >= 4 is 60.5 Å². The highest BCUT2D eigenvalue weighted by Crippen LogP contribution is 2.35. The number of nitro benzene ring substituents is 1. The van der Waals surface area contributed by atoms with Gasteiger partial charge >= 0.3 is 5.97 Å². The third-order valence-corrected chi connectivity index (χ3v) is 5.63. The van der Waals surface area contributed by atoms with Gasteiger partial charge in [0.2, 0.25) is 5.43 Å². The Bertz CT molecular complexity index is 1320. The lowest BCUT2D eigenvalue weighted by molar-refractivity contribution is -0.384. The fourth-order valence-corrected chi connectivity index (χ4v) is 4.47. The molecule has 136 valence electrons. The van der Waals surface area contributed by atoms with Gasteiger partial charge < -0.3 is 4.74 Å². The van der Waals surface area contributed by atoms with Gasteiger partial charge in [0, 0.05) is 6.07 Å². The number of carbonyl (C=O) groups excluding carboxylic acids is 1. The summed E-state index contributed by atoms with van der Waals surface area (Å²) in [7, 11) is 0. The van der Waals surface area contributed by atoms with Crippen molar-refractivity contribution in [3.05, 3.63) is 67.3 Å². The van der Waals surface area contributed by atoms with E-state index >= 15 is 0 Å². The summed E-state index contributed by atoms with van der Waals surface area (Å²) in [5, 5.41) is 11.2. The number of esters is 1. The lowest BCUT2D eigenvalue weighted by Crippen LogP contribution is -2.19. The number of rotatable bonds is 3. The summed E-state index contributed by atoms with van der Waals surface area (Å²) in [5.74, 6) is -0.758. The first kappa shape index (κ1) is 17.4. The second-order valence-electron chi connectivity index (χ2n) is 5.71. The van der Waals surface area contributed by atoms with Gasteiger partial charge in [-0.15, -0.1) is 11.3 Å². The third kappa shape index (κ3) is 2.56. The molecule has 7 nitrogen and oxygen atoms in total. The predicted molar refractivity (Wildman–Crippen MR) is 104 cm³/mol. The summed E-state index contributed by atoms with van der Waals surface area (Å²) in [6, 6.07) is 9.88. The van der Waals surface area contributed by atoms with Gasteiger partial charge in [-0.2, -0.15) is 0 Å². The number of hydrogen-bond acceptors (Lipinski definition) is 6. The number of hydrogen-bond donors (Lipinski definition) is 0. The minimum atomic E-state index is -0.758. The van der Waals surface area contributed by atoms with E-state index in [2.05, 4.69) is 0 Å². The number of thiazole rings is 1. The van der Waals surface area contributed by atoms with Gasteiger partial charge in [-0.3, -0.25) is 19.3 Å². The number of aromatic nitrogens is 1. The highest BCUT2D eigenvalue weighted by molar-refractivity contribution is 7.24. The molecule has 0 saturated heterocycles. The van der Waals surface area contributed by atoms with Crippen molar-refractivity contribution in [3.63, 3.8) is 0 Å². The highest BCUT2D eigenvalue weighted by atomic mass is 35.5. The minimum absolute atomic E-state index is 0.0372. The van der Waals surface area contributed by atoms with E-state index in [0.29, 0.717) is 10.3 Å². The van der Waals surface area contributed by atoms with E-state index in [1.807, 2.05) is 24.3 Å². The maximum absolute atomic E-state index is 13.0. The Balaban J connectivity index is 2.29. The van der Waals surface area contributed by atoms with Crippen molar-refractivity contribution in [1.82, 2.24) is 4.40 Å². The maximum atomic E-state index is 13.0. The number of ether oxygens (including phenoxy) is 1. The number of benzene rings is 2. The molecule has 0 unspecified atom stereocenters. The zero-order chi connectivity index (χ0) is 19.3. The summed E-state index contributed by atoms with van der Waals surface area (Å²) in [6.45, 7) is 1.75. The van der Waals surface area contributed by atoms with Crippen LogP contribution < -0.4 is 5.43 Å². The molecule has 0 aliphatic carbocycles. The van der Waals surface area contributed by atoms with Gasteiger partial charge in [0.15, 0.2) is 0 Å². The number of halogens is 1. The average Bonchev–Trinajstić information content (AvgIpc) is 3.00. The van der Waals surface area contributed by atoms with Gasteiger partial charge in [0.25, 0.3) is 5.69 Å². The number of pyridine rings is 1. The Labute approximate surface area is 160 Å². The smallest absolute Gasteiger partial charge is 0.345 e. The summed E-state index contributed by atoms with van der Waals surface area (Å²) < 4.78 is 7.63.